The number of anilines is 1. The maximum absolute atomic E-state index is 5.86. The van der Waals surface area contributed by atoms with Crippen LogP contribution in [0.2, 0.25) is 0 Å². The lowest BCUT2D eigenvalue weighted by Crippen LogP contribution is -2.24. The van der Waals surface area contributed by atoms with E-state index in [9.17, 15) is 0 Å². The van der Waals surface area contributed by atoms with Crippen molar-refractivity contribution in [2.24, 2.45) is 5.10 Å². The lowest BCUT2D eigenvalue weighted by Gasteiger charge is -2.11. The third-order valence-corrected chi connectivity index (χ3v) is 4.54. The van der Waals surface area contributed by atoms with Gasteiger partial charge in [-0.05, 0) is 67.2 Å². The number of hydrogen-bond acceptors (Lipinski definition) is 5. The number of hydrazone groups is 1. The van der Waals surface area contributed by atoms with E-state index in [4.69, 9.17) is 26.4 Å². The molecule has 160 valence electrons. The average Bonchev–Trinajstić information content (AvgIpc) is 2.79. The Morgan fingerprint density at radius 2 is 1.58 bits per heavy atom. The summed E-state index contributed by atoms with van der Waals surface area (Å²) >= 11 is 5.30. The molecule has 31 heavy (non-hydrogen) atoms. The minimum atomic E-state index is 0.400. The summed E-state index contributed by atoms with van der Waals surface area (Å²) in [6.07, 6.45) is 1.67. The largest absolute Gasteiger partial charge is 0.497 e. The van der Waals surface area contributed by atoms with E-state index in [1.54, 1.807) is 13.3 Å². The van der Waals surface area contributed by atoms with Crippen molar-refractivity contribution in [3.05, 3.63) is 83.9 Å². The maximum atomic E-state index is 5.86. The number of rotatable bonds is 9. The van der Waals surface area contributed by atoms with Gasteiger partial charge in [-0.3, -0.25) is 5.43 Å². The zero-order valence-corrected chi connectivity index (χ0v) is 18.3. The fourth-order valence-electron chi connectivity index (χ4n) is 2.73. The summed E-state index contributed by atoms with van der Waals surface area (Å²) in [5.41, 5.74) is 5.71. The number of methoxy groups -OCH3 is 1. The van der Waals surface area contributed by atoms with Crippen LogP contribution < -0.4 is 25.0 Å². The number of ether oxygens (including phenoxy) is 3. The van der Waals surface area contributed by atoms with Gasteiger partial charge in [0.25, 0.3) is 0 Å². The summed E-state index contributed by atoms with van der Waals surface area (Å²) in [5, 5.41) is 7.76. The average molecular weight is 436 g/mol. The number of nitrogens with zero attached hydrogens (tertiary/aromatic N) is 1. The number of hydrogen-bond donors (Lipinski definition) is 2. The number of nitrogens with one attached hydrogen (secondary N) is 2. The van der Waals surface area contributed by atoms with Crippen molar-refractivity contribution in [1.29, 1.82) is 0 Å². The molecule has 2 N–H and O–H groups in total. The Labute approximate surface area is 187 Å². The van der Waals surface area contributed by atoms with E-state index in [0.29, 0.717) is 24.1 Å². The summed E-state index contributed by atoms with van der Waals surface area (Å²) in [7, 11) is 1.63. The van der Waals surface area contributed by atoms with Crippen molar-refractivity contribution >= 4 is 29.2 Å². The molecule has 0 aliphatic heterocycles. The van der Waals surface area contributed by atoms with Crippen LogP contribution in [0.25, 0.3) is 0 Å². The lowest BCUT2D eigenvalue weighted by atomic mass is 10.2. The molecule has 7 heteroatoms. The molecular formula is C24H25N3O3S. The molecule has 0 bridgehead atoms. The molecule has 0 amide bonds. The SMILES string of the molecule is COc1ccc(OCCOc2ccccc2C=NNC(=S)Nc2ccccc2C)cc1. The molecule has 0 aromatic heterocycles. The molecule has 0 atom stereocenters. The predicted molar refractivity (Wildman–Crippen MR) is 129 cm³/mol. The molecule has 3 aromatic carbocycles. The predicted octanol–water partition coefficient (Wildman–Crippen LogP) is 4.78. The van der Waals surface area contributed by atoms with Crippen LogP contribution in [0.15, 0.2) is 77.9 Å². The standard InChI is InChI=1S/C24H25N3O3S/c1-18-7-3-5-9-22(18)26-24(31)27-25-17-19-8-4-6-10-23(19)30-16-15-29-21-13-11-20(28-2)12-14-21/h3-14,17H,15-16H2,1-2H3,(H2,26,27,31). The summed E-state index contributed by atoms with van der Waals surface area (Å²) in [4.78, 5) is 0. The number of para-hydroxylation sites is 2. The van der Waals surface area contributed by atoms with E-state index < -0.39 is 0 Å². The monoisotopic (exact) mass is 435 g/mol. The van der Waals surface area contributed by atoms with E-state index >= 15 is 0 Å². The first-order valence-corrected chi connectivity index (χ1v) is 10.2. The molecule has 0 spiro atoms. The van der Waals surface area contributed by atoms with Crippen LogP contribution in [0.3, 0.4) is 0 Å². The summed E-state index contributed by atoms with van der Waals surface area (Å²) in [6.45, 7) is 2.83. The van der Waals surface area contributed by atoms with Gasteiger partial charge in [-0.1, -0.05) is 30.3 Å². The molecule has 6 nitrogen and oxygen atoms in total. The van der Waals surface area contributed by atoms with Gasteiger partial charge in [0, 0.05) is 11.3 Å². The molecule has 0 aliphatic carbocycles. The first-order chi connectivity index (χ1) is 15.2. The Hall–Kier alpha value is -3.58. The quantitative estimate of drug-likeness (QED) is 0.218. The Morgan fingerprint density at radius 1 is 0.903 bits per heavy atom. The highest BCUT2D eigenvalue weighted by atomic mass is 32.1. The fraction of sp³-hybridized carbons (Fsp3) is 0.167. The topological polar surface area (TPSA) is 64.1 Å². The van der Waals surface area contributed by atoms with Gasteiger partial charge in [0.2, 0.25) is 0 Å². The Kier molecular flexibility index (Phi) is 8.25. The molecule has 3 rings (SSSR count). The fourth-order valence-corrected chi connectivity index (χ4v) is 2.89. The molecule has 0 heterocycles. The van der Waals surface area contributed by atoms with Gasteiger partial charge < -0.3 is 19.5 Å². The molecular weight excluding hydrogens is 410 g/mol. The summed E-state index contributed by atoms with van der Waals surface area (Å²) < 4.78 is 16.7. The van der Waals surface area contributed by atoms with Crippen LogP contribution in [0.4, 0.5) is 5.69 Å². The smallest absolute Gasteiger partial charge is 0.191 e. The number of benzene rings is 3. The van der Waals surface area contributed by atoms with Crippen molar-refractivity contribution in [2.75, 3.05) is 25.6 Å². The molecule has 0 unspecified atom stereocenters. The Balaban J connectivity index is 1.47. The highest BCUT2D eigenvalue weighted by Gasteiger charge is 2.02. The lowest BCUT2D eigenvalue weighted by molar-refractivity contribution is 0.217. The molecule has 0 fully saturated rings. The van der Waals surface area contributed by atoms with Gasteiger partial charge >= 0.3 is 0 Å². The van der Waals surface area contributed by atoms with Crippen LogP contribution >= 0.6 is 12.2 Å². The second kappa shape index (κ2) is 11.6. The van der Waals surface area contributed by atoms with Crippen molar-refractivity contribution in [1.82, 2.24) is 5.43 Å². The molecule has 3 aromatic rings. The third-order valence-electron chi connectivity index (χ3n) is 4.35. The first kappa shape index (κ1) is 22.1. The minimum absolute atomic E-state index is 0.400. The van der Waals surface area contributed by atoms with Gasteiger partial charge in [-0.25, -0.2) is 0 Å². The molecule has 0 saturated heterocycles. The molecule has 0 radical (unpaired) electrons. The zero-order chi connectivity index (χ0) is 21.9. The maximum Gasteiger partial charge on any atom is 0.191 e. The van der Waals surface area contributed by atoms with Crippen LogP contribution in [-0.2, 0) is 0 Å². The van der Waals surface area contributed by atoms with Gasteiger partial charge in [-0.2, -0.15) is 5.10 Å². The second-order valence-corrected chi connectivity index (χ2v) is 6.96. The highest BCUT2D eigenvalue weighted by molar-refractivity contribution is 7.80. The Morgan fingerprint density at radius 3 is 2.35 bits per heavy atom. The minimum Gasteiger partial charge on any atom is -0.497 e. The van der Waals surface area contributed by atoms with E-state index in [2.05, 4.69) is 15.8 Å². The van der Waals surface area contributed by atoms with Gasteiger partial charge in [0.05, 0.1) is 13.3 Å². The van der Waals surface area contributed by atoms with Crippen LogP contribution in [-0.4, -0.2) is 31.7 Å². The molecule has 0 saturated carbocycles. The number of aryl methyl sites for hydroxylation is 1. The second-order valence-electron chi connectivity index (χ2n) is 6.55. The van der Waals surface area contributed by atoms with Crippen molar-refractivity contribution in [2.45, 2.75) is 6.92 Å². The highest BCUT2D eigenvalue weighted by Crippen LogP contribution is 2.18. The summed E-state index contributed by atoms with van der Waals surface area (Å²) in [5.74, 6) is 2.27. The third kappa shape index (κ3) is 7.01. The normalized spacial score (nSPS) is 10.5. The number of thiocarbonyl (C=S) groups is 1. The summed E-state index contributed by atoms with van der Waals surface area (Å²) in [6, 6.07) is 23.0. The molecule has 0 aliphatic rings. The van der Waals surface area contributed by atoms with Crippen LogP contribution in [0, 0.1) is 6.92 Å². The van der Waals surface area contributed by atoms with Crippen molar-refractivity contribution in [3.8, 4) is 17.2 Å². The van der Waals surface area contributed by atoms with Crippen LogP contribution in [0.5, 0.6) is 17.2 Å². The van der Waals surface area contributed by atoms with Gasteiger partial charge in [-0.15, -0.1) is 0 Å². The van der Waals surface area contributed by atoms with Gasteiger partial charge in [0.1, 0.15) is 30.5 Å². The van der Waals surface area contributed by atoms with Crippen LogP contribution in [0.1, 0.15) is 11.1 Å². The van der Waals surface area contributed by atoms with E-state index in [1.165, 1.54) is 0 Å². The van der Waals surface area contributed by atoms with Crippen molar-refractivity contribution < 1.29 is 14.2 Å². The van der Waals surface area contributed by atoms with E-state index in [0.717, 1.165) is 28.3 Å². The van der Waals surface area contributed by atoms with Gasteiger partial charge in [0.15, 0.2) is 5.11 Å². The Bertz CT molecular complexity index is 1020. The van der Waals surface area contributed by atoms with Crippen molar-refractivity contribution in [3.63, 3.8) is 0 Å². The van der Waals surface area contributed by atoms with E-state index in [1.807, 2.05) is 79.7 Å². The zero-order valence-electron chi connectivity index (χ0n) is 17.5. The first-order valence-electron chi connectivity index (χ1n) is 9.80. The van der Waals surface area contributed by atoms with E-state index in [-0.39, 0.29) is 0 Å².